The Kier molecular flexibility index (Phi) is 3.87. The van der Waals surface area contributed by atoms with E-state index in [-0.39, 0.29) is 6.54 Å². The fraction of sp³-hybridized carbons (Fsp3) is 0.562. The zero-order chi connectivity index (χ0) is 17.5. The van der Waals surface area contributed by atoms with Gasteiger partial charge in [-0.3, -0.25) is 0 Å². The Labute approximate surface area is 140 Å². The van der Waals surface area contributed by atoms with Crippen LogP contribution in [0.1, 0.15) is 39.3 Å². The molecule has 0 aromatic carbocycles. The number of nitrogens with two attached hydrogens (primary N) is 1. The number of anilines is 1. The highest BCUT2D eigenvalue weighted by Crippen LogP contribution is 2.33. The second-order valence-electron chi connectivity index (χ2n) is 7.20. The van der Waals surface area contributed by atoms with Crippen LogP contribution >= 0.6 is 0 Å². The largest absolute Gasteiger partial charge is 0.444 e. The van der Waals surface area contributed by atoms with Gasteiger partial charge >= 0.3 is 6.09 Å². The number of carbonyl (C=O) groups excluding carboxylic acids is 1. The number of β-amino-alcohol motifs (C(OH)–C–C–N with tert-alkyl or cyclic N) is 1. The predicted molar refractivity (Wildman–Crippen MR) is 88.3 cm³/mol. The number of carbonyl (C=O) groups is 1. The highest BCUT2D eigenvalue weighted by Gasteiger charge is 2.40. The normalized spacial score (nSPS) is 21.9. The number of piperidine rings is 1. The van der Waals surface area contributed by atoms with Gasteiger partial charge in [-0.15, -0.1) is 0 Å². The molecule has 0 bridgehead atoms. The van der Waals surface area contributed by atoms with Crippen molar-refractivity contribution in [2.45, 2.75) is 44.8 Å². The highest BCUT2D eigenvalue weighted by atomic mass is 16.6. The molecule has 2 aromatic heterocycles. The van der Waals surface area contributed by atoms with Crippen molar-refractivity contribution in [1.29, 1.82) is 0 Å². The summed E-state index contributed by atoms with van der Waals surface area (Å²) in [5, 5.41) is 15.3. The minimum absolute atomic E-state index is 0.151. The van der Waals surface area contributed by atoms with Crippen molar-refractivity contribution in [2.24, 2.45) is 0 Å². The molecule has 1 amide bonds. The Morgan fingerprint density at radius 1 is 1.42 bits per heavy atom. The van der Waals surface area contributed by atoms with Crippen molar-refractivity contribution in [3.05, 3.63) is 24.2 Å². The van der Waals surface area contributed by atoms with Gasteiger partial charge < -0.3 is 20.5 Å². The summed E-state index contributed by atoms with van der Waals surface area (Å²) in [6.07, 6.45) is 2.13. The molecule has 24 heavy (non-hydrogen) atoms. The van der Waals surface area contributed by atoms with Gasteiger partial charge in [-0.05, 0) is 45.7 Å². The Hall–Kier alpha value is -2.35. The van der Waals surface area contributed by atoms with Gasteiger partial charge in [0, 0.05) is 6.54 Å². The van der Waals surface area contributed by atoms with Crippen LogP contribution in [0.4, 0.5) is 10.6 Å². The van der Waals surface area contributed by atoms with E-state index in [0.717, 1.165) is 0 Å². The Balaban J connectivity index is 1.89. The van der Waals surface area contributed by atoms with Crippen LogP contribution in [0.5, 0.6) is 0 Å². The number of rotatable bonds is 1. The average molecular weight is 333 g/mol. The van der Waals surface area contributed by atoms with E-state index in [1.54, 1.807) is 21.5 Å². The first-order valence-electron chi connectivity index (χ1n) is 7.99. The first-order valence-corrected chi connectivity index (χ1v) is 7.99. The SMILES string of the molecule is CC(C)(C)OC(=O)N1CCCC(O)(c2ccc3c(N)ncnn23)C1. The number of aliphatic hydroxyl groups is 1. The maximum atomic E-state index is 12.3. The van der Waals surface area contributed by atoms with Crippen molar-refractivity contribution in [3.8, 4) is 0 Å². The zero-order valence-corrected chi connectivity index (χ0v) is 14.2. The molecule has 1 aliphatic heterocycles. The quantitative estimate of drug-likeness (QED) is 0.820. The number of likely N-dealkylation sites (tertiary alicyclic amines) is 1. The Bertz CT molecular complexity index is 767. The summed E-state index contributed by atoms with van der Waals surface area (Å²) in [7, 11) is 0. The second-order valence-corrected chi connectivity index (χ2v) is 7.20. The Morgan fingerprint density at radius 2 is 2.17 bits per heavy atom. The van der Waals surface area contributed by atoms with E-state index >= 15 is 0 Å². The van der Waals surface area contributed by atoms with Gasteiger partial charge in [0.25, 0.3) is 0 Å². The summed E-state index contributed by atoms with van der Waals surface area (Å²) in [6, 6.07) is 3.55. The maximum Gasteiger partial charge on any atom is 0.410 e. The number of aromatic nitrogens is 3. The summed E-state index contributed by atoms with van der Waals surface area (Å²) in [6.45, 7) is 6.17. The molecule has 3 heterocycles. The number of hydrogen-bond acceptors (Lipinski definition) is 6. The lowest BCUT2D eigenvalue weighted by molar-refractivity contribution is -0.0497. The smallest absolute Gasteiger partial charge is 0.410 e. The van der Waals surface area contributed by atoms with Gasteiger partial charge in [0.15, 0.2) is 5.82 Å². The molecule has 3 N–H and O–H groups in total. The molecule has 3 rings (SSSR count). The minimum atomic E-state index is -1.21. The molecule has 1 unspecified atom stereocenters. The van der Waals surface area contributed by atoms with Crippen LogP contribution in [0.2, 0.25) is 0 Å². The van der Waals surface area contributed by atoms with Gasteiger partial charge in [-0.1, -0.05) is 0 Å². The van der Waals surface area contributed by atoms with E-state index in [2.05, 4.69) is 10.1 Å². The number of nitrogens with zero attached hydrogens (tertiary/aromatic N) is 4. The van der Waals surface area contributed by atoms with Crippen LogP contribution in [0.3, 0.4) is 0 Å². The number of amides is 1. The average Bonchev–Trinajstić information content (AvgIpc) is 2.92. The molecule has 0 spiro atoms. The van der Waals surface area contributed by atoms with Crippen molar-refractivity contribution in [2.75, 3.05) is 18.8 Å². The van der Waals surface area contributed by atoms with E-state index in [9.17, 15) is 9.90 Å². The lowest BCUT2D eigenvalue weighted by atomic mass is 9.90. The van der Waals surface area contributed by atoms with Crippen LogP contribution in [-0.2, 0) is 10.3 Å². The molecule has 8 nitrogen and oxygen atoms in total. The number of fused-ring (bicyclic) bond motifs is 1. The van der Waals surface area contributed by atoms with E-state index in [1.807, 2.05) is 20.8 Å². The van der Waals surface area contributed by atoms with Crippen LogP contribution in [0, 0.1) is 0 Å². The van der Waals surface area contributed by atoms with E-state index in [0.29, 0.717) is 36.4 Å². The van der Waals surface area contributed by atoms with Crippen molar-refractivity contribution in [3.63, 3.8) is 0 Å². The second kappa shape index (κ2) is 5.62. The van der Waals surface area contributed by atoms with Gasteiger partial charge in [-0.2, -0.15) is 5.10 Å². The fourth-order valence-electron chi connectivity index (χ4n) is 3.03. The predicted octanol–water partition coefficient (Wildman–Crippen LogP) is 1.53. The first kappa shape index (κ1) is 16.5. The van der Waals surface area contributed by atoms with Gasteiger partial charge in [-0.25, -0.2) is 14.3 Å². The molecule has 0 aliphatic carbocycles. The van der Waals surface area contributed by atoms with Gasteiger partial charge in [0.05, 0.1) is 12.2 Å². The van der Waals surface area contributed by atoms with Gasteiger partial charge in [0.2, 0.25) is 0 Å². The molecular weight excluding hydrogens is 310 g/mol. The molecule has 0 radical (unpaired) electrons. The molecule has 0 saturated carbocycles. The number of nitrogen functional groups attached to an aromatic ring is 1. The third-order valence-electron chi connectivity index (χ3n) is 4.08. The van der Waals surface area contributed by atoms with Crippen molar-refractivity contribution >= 4 is 17.4 Å². The van der Waals surface area contributed by atoms with E-state index in [4.69, 9.17) is 10.5 Å². The topological polar surface area (TPSA) is 106 Å². The molecule has 1 atom stereocenters. The third kappa shape index (κ3) is 3.01. The molecule has 1 saturated heterocycles. The van der Waals surface area contributed by atoms with E-state index in [1.165, 1.54) is 6.33 Å². The first-order chi connectivity index (χ1) is 11.2. The fourth-order valence-corrected chi connectivity index (χ4v) is 3.03. The zero-order valence-electron chi connectivity index (χ0n) is 14.2. The van der Waals surface area contributed by atoms with E-state index < -0.39 is 17.3 Å². The molecular formula is C16H23N5O3. The van der Waals surface area contributed by atoms with Crippen molar-refractivity contribution < 1.29 is 14.6 Å². The lowest BCUT2D eigenvalue weighted by Gasteiger charge is -2.39. The Morgan fingerprint density at radius 3 is 2.88 bits per heavy atom. The molecule has 2 aromatic rings. The highest BCUT2D eigenvalue weighted by molar-refractivity contribution is 5.69. The van der Waals surface area contributed by atoms with Crippen LogP contribution in [0.15, 0.2) is 18.5 Å². The third-order valence-corrected chi connectivity index (χ3v) is 4.08. The number of ether oxygens (including phenoxy) is 1. The molecule has 1 aliphatic rings. The lowest BCUT2D eigenvalue weighted by Crippen LogP contribution is -2.50. The minimum Gasteiger partial charge on any atom is -0.444 e. The van der Waals surface area contributed by atoms with Gasteiger partial charge in [0.1, 0.15) is 23.0 Å². The summed E-state index contributed by atoms with van der Waals surface area (Å²) in [5.74, 6) is 0.347. The standard InChI is InChI=1S/C16H23N5O3/c1-15(2,3)24-14(22)20-8-4-7-16(23,9-20)12-6-5-11-13(17)18-10-19-21(11)12/h5-6,10,23H,4,7-9H2,1-3H3,(H2,17,18,19). The number of hydrogen-bond donors (Lipinski definition) is 2. The molecule has 1 fully saturated rings. The van der Waals surface area contributed by atoms with Crippen LogP contribution in [-0.4, -0.2) is 49.4 Å². The summed E-state index contributed by atoms with van der Waals surface area (Å²) >= 11 is 0. The van der Waals surface area contributed by atoms with Crippen molar-refractivity contribution in [1.82, 2.24) is 19.5 Å². The maximum absolute atomic E-state index is 12.3. The van der Waals surface area contributed by atoms with Crippen LogP contribution < -0.4 is 5.73 Å². The summed E-state index contributed by atoms with van der Waals surface area (Å²) < 4.78 is 7.00. The summed E-state index contributed by atoms with van der Waals surface area (Å²) in [4.78, 5) is 17.8. The monoisotopic (exact) mass is 333 g/mol. The molecule has 130 valence electrons. The molecule has 8 heteroatoms. The summed E-state index contributed by atoms with van der Waals surface area (Å²) in [5.41, 5.74) is 5.30. The van der Waals surface area contributed by atoms with Crippen LogP contribution in [0.25, 0.3) is 5.52 Å².